The topological polar surface area (TPSA) is 228 Å². The average Bonchev–Trinajstić information content (AvgIpc) is 1.75. The average molecular weight is 1180 g/mol. The highest BCUT2D eigenvalue weighted by molar-refractivity contribution is 5.97. The molecule has 0 saturated heterocycles. The lowest BCUT2D eigenvalue weighted by atomic mass is 9.83. The third-order valence-electron chi connectivity index (χ3n) is 16.0. The molecule has 6 aromatic carbocycles. The molecule has 0 saturated carbocycles. The van der Waals surface area contributed by atoms with Gasteiger partial charge in [-0.1, -0.05) is 80.6 Å². The van der Waals surface area contributed by atoms with Crippen LogP contribution in [0.15, 0.2) is 203 Å². The van der Waals surface area contributed by atoms with Crippen molar-refractivity contribution < 1.29 is 33.9 Å². The van der Waals surface area contributed by atoms with Crippen LogP contribution in [0.5, 0.6) is 17.2 Å². The minimum absolute atomic E-state index is 0.0654. The van der Waals surface area contributed by atoms with Crippen molar-refractivity contribution in [1.29, 1.82) is 0 Å². The molecule has 2 atom stereocenters. The van der Waals surface area contributed by atoms with Crippen LogP contribution >= 0.6 is 0 Å². The molecule has 0 amide bonds. The molecular formula is C70H65FN8O9. The molecule has 18 heteroatoms. The monoisotopic (exact) mass is 1180 g/mol. The first-order valence-corrected chi connectivity index (χ1v) is 28.9. The van der Waals surface area contributed by atoms with Crippen molar-refractivity contribution in [1.82, 2.24) is 38.6 Å². The van der Waals surface area contributed by atoms with Crippen molar-refractivity contribution in [2.75, 3.05) is 19.8 Å². The summed E-state index contributed by atoms with van der Waals surface area (Å²) in [6.07, 6.45) is 9.74. The summed E-state index contributed by atoms with van der Waals surface area (Å²) in [4.78, 5) is 57.2. The number of aliphatic hydroxyl groups excluding tert-OH is 1. The van der Waals surface area contributed by atoms with Gasteiger partial charge in [-0.2, -0.15) is 0 Å². The standard InChI is InChI=1S/C70H65FN8O9/c1-68(2,40-88-51-23-19-45(20-24-51)55-38-78(47-13-7-6-8-14-47)63-60(55)66(82)75-41-73-63)62(80)46-12-10-16-49(34-46)79-39-56(61-64(79)74-42-76-67(61)83)53-26-25-52(35-57(53)71)87-32-29-70(5,85)36-43-11-9-15-48(33-43)77-37-54(59-58(77)27-30-72-65(59)81)44-17-21-50(22-18-44)86-31-28-69(3,4)84/h6-27,30,33-35,37-39,41-42,62,80,84-85H,28-29,31-32,36,40H2,1-5H3,(H,72,81)(H,73,75,82)(H,74,76,83). The van der Waals surface area contributed by atoms with Gasteiger partial charge in [-0.05, 0) is 122 Å². The predicted octanol–water partition coefficient (Wildman–Crippen LogP) is 12.0. The number of benzene rings is 6. The van der Waals surface area contributed by atoms with Crippen LogP contribution in [0.2, 0.25) is 0 Å². The van der Waals surface area contributed by atoms with Gasteiger partial charge in [0.15, 0.2) is 11.3 Å². The first-order chi connectivity index (χ1) is 42.3. The van der Waals surface area contributed by atoms with E-state index in [1.165, 1.54) is 18.7 Å². The van der Waals surface area contributed by atoms with E-state index in [1.54, 1.807) is 62.0 Å². The molecule has 0 bridgehead atoms. The number of nitrogens with zero attached hydrogens (tertiary/aromatic N) is 5. The summed E-state index contributed by atoms with van der Waals surface area (Å²) in [6, 6.07) is 45.9. The number of rotatable bonds is 21. The molecule has 17 nitrogen and oxygen atoms in total. The zero-order chi connectivity index (χ0) is 61.5. The van der Waals surface area contributed by atoms with Gasteiger partial charge in [0.25, 0.3) is 16.7 Å². The summed E-state index contributed by atoms with van der Waals surface area (Å²) >= 11 is 0. The van der Waals surface area contributed by atoms with Crippen LogP contribution < -0.4 is 30.9 Å². The van der Waals surface area contributed by atoms with Gasteiger partial charge < -0.3 is 58.2 Å². The van der Waals surface area contributed by atoms with E-state index in [4.69, 9.17) is 14.2 Å². The molecule has 0 spiro atoms. The second kappa shape index (κ2) is 23.6. The number of nitrogens with one attached hydrogen (secondary N) is 3. The molecule has 6 N–H and O–H groups in total. The Balaban J connectivity index is 0.703. The molecule has 88 heavy (non-hydrogen) atoms. The number of halogens is 1. The summed E-state index contributed by atoms with van der Waals surface area (Å²) in [5, 5.41) is 34.9. The molecule has 0 aliphatic heterocycles. The number of aliphatic hydroxyl groups is 3. The number of aromatic nitrogens is 8. The number of para-hydroxylation sites is 1. The molecule has 0 radical (unpaired) electrons. The Kier molecular flexibility index (Phi) is 15.6. The van der Waals surface area contributed by atoms with E-state index in [1.807, 2.05) is 157 Å². The molecule has 0 fully saturated rings. The molecule has 12 aromatic rings. The molecule has 2 unspecified atom stereocenters. The van der Waals surface area contributed by atoms with Crippen molar-refractivity contribution in [3.05, 3.63) is 237 Å². The van der Waals surface area contributed by atoms with Gasteiger partial charge in [-0.15, -0.1) is 0 Å². The summed E-state index contributed by atoms with van der Waals surface area (Å²) in [5.74, 6) is 0.817. The van der Waals surface area contributed by atoms with Gasteiger partial charge in [-0.3, -0.25) is 14.4 Å². The van der Waals surface area contributed by atoms with E-state index in [0.29, 0.717) is 63.3 Å². The van der Waals surface area contributed by atoms with E-state index in [9.17, 15) is 29.7 Å². The van der Waals surface area contributed by atoms with Gasteiger partial charge in [-0.25, -0.2) is 14.4 Å². The van der Waals surface area contributed by atoms with E-state index in [-0.39, 0.29) is 59.5 Å². The summed E-state index contributed by atoms with van der Waals surface area (Å²) < 4.78 is 40.1. The maximum Gasteiger partial charge on any atom is 0.260 e. The molecule has 6 heterocycles. The fourth-order valence-corrected chi connectivity index (χ4v) is 11.2. The fraction of sp³-hybridized carbons (Fsp3) is 0.214. The lowest BCUT2D eigenvalue weighted by molar-refractivity contribution is 0.0141. The SMILES string of the molecule is CC(C)(O)CCOc1ccc(-c2cn(-c3cccc(CC(C)(O)CCOc4ccc(-c5cn(-c6cccc(C(O)C(C)(C)COc7ccc(-c8cn(-c9ccccc9)c9nc[nH]c(=O)c89)cc7)c6)c6nc[nH]c(=O)c56)c(F)c4)c3)c3cc[nH]c(=O)c23)cc1. The Morgan fingerprint density at radius 3 is 1.75 bits per heavy atom. The number of hydrogen-bond acceptors (Lipinski definition) is 11. The number of pyridine rings is 1. The lowest BCUT2D eigenvalue weighted by Crippen LogP contribution is -2.29. The largest absolute Gasteiger partial charge is 0.493 e. The molecule has 0 aliphatic carbocycles. The highest BCUT2D eigenvalue weighted by Crippen LogP contribution is 2.39. The number of ether oxygens (including phenoxy) is 3. The van der Waals surface area contributed by atoms with E-state index < -0.39 is 34.1 Å². The third kappa shape index (κ3) is 12.0. The maximum absolute atomic E-state index is 16.4. The minimum atomic E-state index is -1.23. The van der Waals surface area contributed by atoms with Crippen LogP contribution in [0.3, 0.4) is 0 Å². The normalized spacial score (nSPS) is 13.1. The summed E-state index contributed by atoms with van der Waals surface area (Å²) in [7, 11) is 0. The predicted molar refractivity (Wildman–Crippen MR) is 339 cm³/mol. The molecule has 6 aromatic heterocycles. The fourth-order valence-electron chi connectivity index (χ4n) is 11.2. The van der Waals surface area contributed by atoms with E-state index in [2.05, 4.69) is 24.9 Å². The van der Waals surface area contributed by atoms with E-state index >= 15 is 4.39 Å². The number of fused-ring (bicyclic) bond motifs is 3. The Morgan fingerprint density at radius 2 is 1.08 bits per heavy atom. The zero-order valence-electron chi connectivity index (χ0n) is 49.1. The lowest BCUT2D eigenvalue weighted by Gasteiger charge is -2.31. The van der Waals surface area contributed by atoms with Crippen LogP contribution in [0.25, 0.3) is 83.4 Å². The highest BCUT2D eigenvalue weighted by atomic mass is 19.1. The van der Waals surface area contributed by atoms with Gasteiger partial charge in [0, 0.05) is 94.8 Å². The van der Waals surface area contributed by atoms with Crippen LogP contribution in [0.4, 0.5) is 4.39 Å². The van der Waals surface area contributed by atoms with Crippen LogP contribution in [-0.2, 0) is 6.42 Å². The quantitative estimate of drug-likeness (QED) is 0.0396. The Labute approximate surface area is 504 Å². The van der Waals surface area contributed by atoms with Crippen molar-refractivity contribution in [3.63, 3.8) is 0 Å². The highest BCUT2D eigenvalue weighted by Gasteiger charge is 2.31. The van der Waals surface area contributed by atoms with Crippen LogP contribution in [-0.4, -0.2) is 85.0 Å². The second-order valence-electron chi connectivity index (χ2n) is 23.8. The Morgan fingerprint density at radius 1 is 0.534 bits per heavy atom. The maximum atomic E-state index is 16.4. The second-order valence-corrected chi connectivity index (χ2v) is 23.8. The van der Waals surface area contributed by atoms with E-state index in [0.717, 1.165) is 39.2 Å². The summed E-state index contributed by atoms with van der Waals surface area (Å²) in [6.45, 7) is 9.55. The number of aromatic amines is 3. The molecule has 12 rings (SSSR count). The smallest absolute Gasteiger partial charge is 0.260 e. The van der Waals surface area contributed by atoms with Crippen LogP contribution in [0, 0.1) is 11.2 Å². The Hall–Kier alpha value is -10.1. The summed E-state index contributed by atoms with van der Waals surface area (Å²) in [5.41, 5.74) is 4.90. The van der Waals surface area contributed by atoms with Gasteiger partial charge in [0.1, 0.15) is 23.1 Å². The molecule has 0 aliphatic rings. The third-order valence-corrected chi connectivity index (χ3v) is 16.0. The molecular weight excluding hydrogens is 1120 g/mol. The molecule has 446 valence electrons. The van der Waals surface area contributed by atoms with Crippen molar-refractivity contribution >= 4 is 33.0 Å². The number of hydrogen-bond donors (Lipinski definition) is 6. The zero-order valence-corrected chi connectivity index (χ0v) is 49.1. The van der Waals surface area contributed by atoms with Crippen molar-refractivity contribution in [3.8, 4) is 67.7 Å². The first kappa shape index (κ1) is 58.3. The first-order valence-electron chi connectivity index (χ1n) is 28.9. The van der Waals surface area contributed by atoms with Gasteiger partial charge >= 0.3 is 0 Å². The van der Waals surface area contributed by atoms with Crippen molar-refractivity contribution in [2.45, 2.75) is 71.2 Å². The van der Waals surface area contributed by atoms with Crippen LogP contribution in [0.1, 0.15) is 64.7 Å². The van der Waals surface area contributed by atoms with Crippen molar-refractivity contribution in [2.24, 2.45) is 5.41 Å². The Bertz CT molecular complexity index is 4710. The van der Waals surface area contributed by atoms with Gasteiger partial charge in [0.05, 0.1) is 71.5 Å². The minimum Gasteiger partial charge on any atom is -0.493 e. The number of H-pyrrole nitrogens is 3. The van der Waals surface area contributed by atoms with Gasteiger partial charge in [0.2, 0.25) is 0 Å².